The zero-order valence-corrected chi connectivity index (χ0v) is 15.5. The highest BCUT2D eigenvalue weighted by molar-refractivity contribution is 5.88. The van der Waals surface area contributed by atoms with Gasteiger partial charge in [0.05, 0.1) is 6.61 Å². The zero-order valence-electron chi connectivity index (χ0n) is 15.5. The van der Waals surface area contributed by atoms with Gasteiger partial charge in [-0.15, -0.1) is 0 Å². The molecule has 1 unspecified atom stereocenters. The largest absolute Gasteiger partial charge is 0.381 e. The third kappa shape index (κ3) is 6.74. The summed E-state index contributed by atoms with van der Waals surface area (Å²) >= 11 is 0. The van der Waals surface area contributed by atoms with Gasteiger partial charge in [0.2, 0.25) is 5.91 Å². The minimum atomic E-state index is -0.0525. The van der Waals surface area contributed by atoms with Crippen LogP contribution in [-0.2, 0) is 16.0 Å². The van der Waals surface area contributed by atoms with Crippen LogP contribution in [0.5, 0.6) is 0 Å². The Morgan fingerprint density at radius 3 is 2.72 bits per heavy atom. The predicted octanol–water partition coefficient (Wildman–Crippen LogP) is 2.12. The molecule has 0 bridgehead atoms. The summed E-state index contributed by atoms with van der Waals surface area (Å²) in [5.74, 6) is 1.49. The summed E-state index contributed by atoms with van der Waals surface area (Å²) in [5.41, 5.74) is 2.03. The molecule has 0 spiro atoms. The molecule has 1 atom stereocenters. The van der Waals surface area contributed by atoms with Crippen molar-refractivity contribution >= 4 is 17.6 Å². The van der Waals surface area contributed by atoms with Gasteiger partial charge in [0.25, 0.3) is 0 Å². The minimum absolute atomic E-state index is 0.0525. The number of nitrogens with one attached hydrogen (secondary N) is 2. The van der Waals surface area contributed by atoms with Crippen molar-refractivity contribution in [3.05, 3.63) is 29.8 Å². The molecule has 1 saturated heterocycles. The van der Waals surface area contributed by atoms with E-state index in [-0.39, 0.29) is 5.91 Å². The number of rotatable bonds is 7. The van der Waals surface area contributed by atoms with E-state index in [1.165, 1.54) is 12.5 Å². The second-order valence-electron chi connectivity index (χ2n) is 6.47. The zero-order chi connectivity index (χ0) is 18.1. The van der Waals surface area contributed by atoms with Crippen molar-refractivity contribution < 1.29 is 9.53 Å². The lowest BCUT2D eigenvalue weighted by molar-refractivity contribution is -0.114. The minimum Gasteiger partial charge on any atom is -0.381 e. The number of amides is 1. The Kier molecular flexibility index (Phi) is 7.73. The fourth-order valence-electron chi connectivity index (χ4n) is 2.92. The van der Waals surface area contributed by atoms with E-state index in [0.29, 0.717) is 5.92 Å². The van der Waals surface area contributed by atoms with Gasteiger partial charge < -0.3 is 20.3 Å². The highest BCUT2D eigenvalue weighted by Gasteiger charge is 2.18. The standard InChI is InChI=1S/C19H30N4O2/c1-4-20-19(23(3)13-17-10-12-25-14-17)21-11-9-16-5-7-18(8-6-16)22-15(2)24/h5-8,17H,4,9-14H2,1-3H3,(H,20,21)(H,22,24). The molecule has 6 nitrogen and oxygen atoms in total. The van der Waals surface area contributed by atoms with Crippen molar-refractivity contribution in [3.63, 3.8) is 0 Å². The van der Waals surface area contributed by atoms with Gasteiger partial charge in [-0.1, -0.05) is 12.1 Å². The molecule has 0 saturated carbocycles. The van der Waals surface area contributed by atoms with Crippen molar-refractivity contribution in [2.45, 2.75) is 26.7 Å². The quantitative estimate of drug-likeness (QED) is 0.586. The second-order valence-corrected chi connectivity index (χ2v) is 6.47. The fraction of sp³-hybridized carbons (Fsp3) is 0.579. The van der Waals surface area contributed by atoms with E-state index in [2.05, 4.69) is 29.5 Å². The van der Waals surface area contributed by atoms with Crippen LogP contribution < -0.4 is 10.6 Å². The molecule has 2 rings (SSSR count). The van der Waals surface area contributed by atoms with Crippen LogP contribution in [0.15, 0.2) is 29.3 Å². The highest BCUT2D eigenvalue weighted by Crippen LogP contribution is 2.13. The first kappa shape index (κ1) is 19.2. The number of aliphatic imine (C=N–C) groups is 1. The topological polar surface area (TPSA) is 66.0 Å². The summed E-state index contributed by atoms with van der Waals surface area (Å²) in [6.45, 7) is 7.88. The van der Waals surface area contributed by atoms with Crippen molar-refractivity contribution in [1.82, 2.24) is 10.2 Å². The van der Waals surface area contributed by atoms with E-state index >= 15 is 0 Å². The SMILES string of the molecule is CCNC(=NCCc1ccc(NC(C)=O)cc1)N(C)CC1CCOC1. The van der Waals surface area contributed by atoms with Gasteiger partial charge in [-0.2, -0.15) is 0 Å². The molecule has 1 fully saturated rings. The maximum absolute atomic E-state index is 11.0. The van der Waals surface area contributed by atoms with Gasteiger partial charge in [-0.3, -0.25) is 9.79 Å². The molecular weight excluding hydrogens is 316 g/mol. The third-order valence-electron chi connectivity index (χ3n) is 4.19. The molecule has 1 aliphatic rings. The van der Waals surface area contributed by atoms with E-state index in [1.54, 1.807) is 0 Å². The Balaban J connectivity index is 1.86. The maximum Gasteiger partial charge on any atom is 0.221 e. The number of carbonyl (C=O) groups excluding carboxylic acids is 1. The average Bonchev–Trinajstić information content (AvgIpc) is 3.08. The monoisotopic (exact) mass is 346 g/mol. The molecule has 1 aromatic rings. The van der Waals surface area contributed by atoms with Crippen molar-refractivity contribution in [3.8, 4) is 0 Å². The molecule has 0 radical (unpaired) electrons. The number of hydrogen-bond donors (Lipinski definition) is 2. The van der Waals surface area contributed by atoms with Crippen LogP contribution in [0.25, 0.3) is 0 Å². The van der Waals surface area contributed by atoms with Gasteiger partial charge in [0.1, 0.15) is 0 Å². The third-order valence-corrected chi connectivity index (χ3v) is 4.19. The van der Waals surface area contributed by atoms with E-state index < -0.39 is 0 Å². The Morgan fingerprint density at radius 1 is 1.36 bits per heavy atom. The molecule has 6 heteroatoms. The van der Waals surface area contributed by atoms with Gasteiger partial charge in [0, 0.05) is 51.8 Å². The highest BCUT2D eigenvalue weighted by atomic mass is 16.5. The summed E-state index contributed by atoms with van der Waals surface area (Å²) < 4.78 is 5.46. The molecule has 2 N–H and O–H groups in total. The first-order chi connectivity index (χ1) is 12.1. The molecule has 1 aliphatic heterocycles. The number of benzene rings is 1. The Hall–Kier alpha value is -2.08. The summed E-state index contributed by atoms with van der Waals surface area (Å²) in [5, 5.41) is 6.14. The number of guanidine groups is 1. The summed E-state index contributed by atoms with van der Waals surface area (Å²) in [6, 6.07) is 7.93. The number of ether oxygens (including phenoxy) is 1. The maximum atomic E-state index is 11.0. The molecule has 1 heterocycles. The molecule has 0 aromatic heterocycles. The van der Waals surface area contributed by atoms with E-state index in [9.17, 15) is 4.79 Å². The normalized spacial score (nSPS) is 17.4. The van der Waals surface area contributed by atoms with Gasteiger partial charge in [-0.25, -0.2) is 0 Å². The second kappa shape index (κ2) is 10.0. The lowest BCUT2D eigenvalue weighted by atomic mass is 10.1. The summed E-state index contributed by atoms with van der Waals surface area (Å²) in [7, 11) is 2.09. The van der Waals surface area contributed by atoms with Gasteiger partial charge in [0.15, 0.2) is 5.96 Å². The molecule has 0 aliphatic carbocycles. The van der Waals surface area contributed by atoms with Crippen molar-refractivity contribution in [2.75, 3.05) is 45.2 Å². The van der Waals surface area contributed by atoms with Crippen molar-refractivity contribution in [2.24, 2.45) is 10.9 Å². The molecule has 1 aromatic carbocycles. The lowest BCUT2D eigenvalue weighted by Crippen LogP contribution is -2.41. The fourth-order valence-corrected chi connectivity index (χ4v) is 2.92. The van der Waals surface area contributed by atoms with Crippen LogP contribution in [-0.4, -0.2) is 56.7 Å². The van der Waals surface area contributed by atoms with E-state index in [1.807, 2.05) is 24.3 Å². The Labute approximate surface area is 150 Å². The van der Waals surface area contributed by atoms with Crippen LogP contribution in [0.2, 0.25) is 0 Å². The molecule has 1 amide bonds. The lowest BCUT2D eigenvalue weighted by Gasteiger charge is -2.24. The smallest absolute Gasteiger partial charge is 0.221 e. The Bertz CT molecular complexity index is 565. The van der Waals surface area contributed by atoms with Crippen LogP contribution in [0, 0.1) is 5.92 Å². The Morgan fingerprint density at radius 2 is 2.12 bits per heavy atom. The average molecular weight is 346 g/mol. The van der Waals surface area contributed by atoms with Crippen LogP contribution >= 0.6 is 0 Å². The first-order valence-electron chi connectivity index (χ1n) is 9.02. The van der Waals surface area contributed by atoms with Crippen molar-refractivity contribution in [1.29, 1.82) is 0 Å². The number of nitrogens with zero attached hydrogens (tertiary/aromatic N) is 2. The summed E-state index contributed by atoms with van der Waals surface area (Å²) in [6.07, 6.45) is 2.00. The first-order valence-corrected chi connectivity index (χ1v) is 9.02. The predicted molar refractivity (Wildman–Crippen MR) is 102 cm³/mol. The number of carbonyl (C=O) groups is 1. The van der Waals surface area contributed by atoms with Crippen LogP contribution in [0.4, 0.5) is 5.69 Å². The van der Waals surface area contributed by atoms with E-state index in [0.717, 1.165) is 57.3 Å². The van der Waals surface area contributed by atoms with Crippen LogP contribution in [0.1, 0.15) is 25.8 Å². The molecule has 25 heavy (non-hydrogen) atoms. The molecular formula is C19H30N4O2. The van der Waals surface area contributed by atoms with Gasteiger partial charge >= 0.3 is 0 Å². The molecule has 138 valence electrons. The number of anilines is 1. The number of hydrogen-bond acceptors (Lipinski definition) is 3. The van der Waals surface area contributed by atoms with E-state index in [4.69, 9.17) is 9.73 Å². The van der Waals surface area contributed by atoms with Crippen LogP contribution in [0.3, 0.4) is 0 Å². The summed E-state index contributed by atoms with van der Waals surface area (Å²) in [4.78, 5) is 18.0. The van der Waals surface area contributed by atoms with Gasteiger partial charge in [-0.05, 0) is 37.5 Å².